The summed E-state index contributed by atoms with van der Waals surface area (Å²) in [6.07, 6.45) is 3.82. The fourth-order valence-corrected chi connectivity index (χ4v) is 2.74. The molecule has 1 aliphatic rings. The molecule has 1 aliphatic heterocycles. The normalized spacial score (nSPS) is 18.4. The lowest BCUT2D eigenvalue weighted by Gasteiger charge is -2.35. The van der Waals surface area contributed by atoms with Gasteiger partial charge in [0, 0.05) is 25.7 Å². The molecule has 1 fully saturated rings. The fraction of sp³-hybridized carbons (Fsp3) is 0.562. The number of hydrogen-bond donors (Lipinski definition) is 2. The summed E-state index contributed by atoms with van der Waals surface area (Å²) in [5.41, 5.74) is 1.04. The van der Waals surface area contributed by atoms with E-state index < -0.39 is 0 Å². The maximum Gasteiger partial charge on any atom is 0.317 e. The predicted octanol–water partition coefficient (Wildman–Crippen LogP) is 2.14. The summed E-state index contributed by atoms with van der Waals surface area (Å²) in [5.74, 6) is 0.809. The molecule has 1 heterocycles. The molecule has 1 unspecified atom stereocenters. The van der Waals surface area contributed by atoms with E-state index in [-0.39, 0.29) is 18.7 Å². The number of ether oxygens (including phenoxy) is 1. The van der Waals surface area contributed by atoms with Gasteiger partial charge in [-0.2, -0.15) is 0 Å². The molecule has 0 spiro atoms. The Labute approximate surface area is 125 Å². The Hall–Kier alpha value is -1.75. The average Bonchev–Trinajstić information content (AvgIpc) is 2.54. The van der Waals surface area contributed by atoms with Crippen LogP contribution in [0.1, 0.15) is 31.2 Å². The van der Waals surface area contributed by atoms with Gasteiger partial charge in [-0.15, -0.1) is 0 Å². The number of nitrogens with zero attached hydrogens (tertiary/aromatic N) is 1. The summed E-state index contributed by atoms with van der Waals surface area (Å²) in [6.45, 7) is 1.41. The first-order valence-corrected chi connectivity index (χ1v) is 7.53. The molecule has 21 heavy (non-hydrogen) atoms. The number of likely N-dealkylation sites (tertiary alicyclic amines) is 1. The van der Waals surface area contributed by atoms with Crippen LogP contribution in [-0.2, 0) is 6.54 Å². The van der Waals surface area contributed by atoms with E-state index in [9.17, 15) is 4.79 Å². The van der Waals surface area contributed by atoms with Crippen molar-refractivity contribution >= 4 is 6.03 Å². The van der Waals surface area contributed by atoms with Gasteiger partial charge in [0.05, 0.1) is 7.11 Å². The van der Waals surface area contributed by atoms with E-state index in [1.807, 2.05) is 29.2 Å². The number of hydrogen-bond acceptors (Lipinski definition) is 3. The van der Waals surface area contributed by atoms with Crippen molar-refractivity contribution in [2.75, 3.05) is 20.3 Å². The van der Waals surface area contributed by atoms with Crippen LogP contribution in [0.5, 0.6) is 5.75 Å². The van der Waals surface area contributed by atoms with Crippen molar-refractivity contribution < 1.29 is 14.6 Å². The topological polar surface area (TPSA) is 61.8 Å². The van der Waals surface area contributed by atoms with Gasteiger partial charge >= 0.3 is 6.03 Å². The number of carbonyl (C=O) groups excluding carboxylic acids is 1. The first-order valence-electron chi connectivity index (χ1n) is 7.53. The van der Waals surface area contributed by atoms with E-state index in [2.05, 4.69) is 5.32 Å². The van der Waals surface area contributed by atoms with Gasteiger partial charge in [0.25, 0.3) is 0 Å². The Balaban J connectivity index is 1.87. The molecule has 1 aromatic carbocycles. The number of rotatable bonds is 5. The maximum atomic E-state index is 12.3. The lowest BCUT2D eigenvalue weighted by molar-refractivity contribution is 0.131. The molecule has 0 bridgehead atoms. The van der Waals surface area contributed by atoms with E-state index in [4.69, 9.17) is 9.84 Å². The average molecular weight is 292 g/mol. The van der Waals surface area contributed by atoms with Crippen LogP contribution in [0.3, 0.4) is 0 Å². The van der Waals surface area contributed by atoms with E-state index in [1.54, 1.807) is 7.11 Å². The van der Waals surface area contributed by atoms with Gasteiger partial charge in [-0.3, -0.25) is 0 Å². The number of nitrogens with one attached hydrogen (secondary N) is 1. The zero-order valence-electron chi connectivity index (χ0n) is 12.5. The minimum atomic E-state index is -0.0380. The first kappa shape index (κ1) is 15.6. The summed E-state index contributed by atoms with van der Waals surface area (Å²) in [6, 6.07) is 7.79. The number of aliphatic hydroxyl groups excluding tert-OH is 1. The van der Waals surface area contributed by atoms with Gasteiger partial charge in [0.2, 0.25) is 0 Å². The SMILES string of the molecule is COc1ccc(CNC(=O)N2CCCCC2CCO)cc1. The molecule has 0 saturated carbocycles. The van der Waals surface area contributed by atoms with Gasteiger partial charge in [0.1, 0.15) is 5.75 Å². The lowest BCUT2D eigenvalue weighted by Crippen LogP contribution is -2.48. The third-order valence-electron chi connectivity index (χ3n) is 3.95. The van der Waals surface area contributed by atoms with E-state index in [0.717, 1.165) is 37.1 Å². The van der Waals surface area contributed by atoms with Gasteiger partial charge in [-0.25, -0.2) is 4.79 Å². The Morgan fingerprint density at radius 2 is 2.14 bits per heavy atom. The van der Waals surface area contributed by atoms with Gasteiger partial charge < -0.3 is 20.1 Å². The van der Waals surface area contributed by atoms with Crippen LogP contribution in [0, 0.1) is 0 Å². The number of benzene rings is 1. The standard InChI is InChI=1S/C16H24N2O3/c1-21-15-7-5-13(6-8-15)12-17-16(20)18-10-3-2-4-14(18)9-11-19/h5-8,14,19H,2-4,9-12H2,1H3,(H,17,20). The van der Waals surface area contributed by atoms with Gasteiger partial charge in [-0.05, 0) is 43.4 Å². The van der Waals surface area contributed by atoms with Gasteiger partial charge in [-0.1, -0.05) is 12.1 Å². The molecule has 0 aliphatic carbocycles. The second kappa shape index (κ2) is 7.88. The molecule has 116 valence electrons. The molecule has 2 amide bonds. The Kier molecular flexibility index (Phi) is 5.87. The molecule has 2 rings (SSSR count). The van der Waals surface area contributed by atoms with Gasteiger partial charge in [0.15, 0.2) is 0 Å². The highest BCUT2D eigenvalue weighted by Crippen LogP contribution is 2.19. The molecule has 5 heteroatoms. The molecular formula is C16H24N2O3. The van der Waals surface area contributed by atoms with Crippen LogP contribution < -0.4 is 10.1 Å². The minimum Gasteiger partial charge on any atom is -0.497 e. The number of aliphatic hydroxyl groups is 1. The van der Waals surface area contributed by atoms with E-state index in [0.29, 0.717) is 13.0 Å². The van der Waals surface area contributed by atoms with Crippen molar-refractivity contribution in [1.82, 2.24) is 10.2 Å². The van der Waals surface area contributed by atoms with Crippen LogP contribution in [0.15, 0.2) is 24.3 Å². The zero-order chi connectivity index (χ0) is 15.1. The smallest absolute Gasteiger partial charge is 0.317 e. The quantitative estimate of drug-likeness (QED) is 0.874. The predicted molar refractivity (Wildman–Crippen MR) is 81.3 cm³/mol. The summed E-state index contributed by atoms with van der Waals surface area (Å²) in [4.78, 5) is 14.2. The number of carbonyl (C=O) groups is 1. The summed E-state index contributed by atoms with van der Waals surface area (Å²) < 4.78 is 5.11. The molecule has 1 aromatic rings. The Morgan fingerprint density at radius 3 is 2.81 bits per heavy atom. The van der Waals surface area contributed by atoms with Crippen molar-refractivity contribution in [2.24, 2.45) is 0 Å². The highest BCUT2D eigenvalue weighted by Gasteiger charge is 2.25. The number of methoxy groups -OCH3 is 1. The number of piperidine rings is 1. The first-order chi connectivity index (χ1) is 10.2. The van der Waals surface area contributed by atoms with Crippen LogP contribution in [0.25, 0.3) is 0 Å². The van der Waals surface area contributed by atoms with Crippen molar-refractivity contribution in [3.63, 3.8) is 0 Å². The van der Waals surface area contributed by atoms with Crippen LogP contribution in [-0.4, -0.2) is 42.3 Å². The second-order valence-corrected chi connectivity index (χ2v) is 5.36. The summed E-state index contributed by atoms with van der Waals surface area (Å²) >= 11 is 0. The molecule has 5 nitrogen and oxygen atoms in total. The second-order valence-electron chi connectivity index (χ2n) is 5.36. The zero-order valence-corrected chi connectivity index (χ0v) is 12.5. The molecule has 1 atom stereocenters. The van der Waals surface area contributed by atoms with E-state index in [1.165, 1.54) is 0 Å². The van der Waals surface area contributed by atoms with E-state index >= 15 is 0 Å². The highest BCUT2D eigenvalue weighted by molar-refractivity contribution is 5.74. The Morgan fingerprint density at radius 1 is 1.38 bits per heavy atom. The fourth-order valence-electron chi connectivity index (χ4n) is 2.74. The molecule has 0 aromatic heterocycles. The Bertz CT molecular complexity index is 445. The molecule has 1 saturated heterocycles. The van der Waals surface area contributed by atoms with Crippen molar-refractivity contribution in [1.29, 1.82) is 0 Å². The van der Waals surface area contributed by atoms with Crippen LogP contribution in [0.2, 0.25) is 0 Å². The largest absolute Gasteiger partial charge is 0.497 e. The monoisotopic (exact) mass is 292 g/mol. The molecule has 2 N–H and O–H groups in total. The summed E-state index contributed by atoms with van der Waals surface area (Å²) in [7, 11) is 1.63. The van der Waals surface area contributed by atoms with Crippen molar-refractivity contribution in [2.45, 2.75) is 38.3 Å². The lowest BCUT2D eigenvalue weighted by atomic mass is 10.0. The molecule has 0 radical (unpaired) electrons. The maximum absolute atomic E-state index is 12.3. The minimum absolute atomic E-state index is 0.0380. The highest BCUT2D eigenvalue weighted by atomic mass is 16.5. The van der Waals surface area contributed by atoms with Crippen LogP contribution in [0.4, 0.5) is 4.79 Å². The van der Waals surface area contributed by atoms with Crippen molar-refractivity contribution in [3.05, 3.63) is 29.8 Å². The third kappa shape index (κ3) is 4.36. The number of amides is 2. The van der Waals surface area contributed by atoms with Crippen LogP contribution >= 0.6 is 0 Å². The molecular weight excluding hydrogens is 268 g/mol. The third-order valence-corrected chi connectivity index (χ3v) is 3.95. The number of urea groups is 1. The summed E-state index contributed by atoms with van der Waals surface area (Å²) in [5, 5.41) is 12.1. The van der Waals surface area contributed by atoms with Crippen molar-refractivity contribution in [3.8, 4) is 5.75 Å².